The van der Waals surface area contributed by atoms with Gasteiger partial charge in [-0.05, 0) is 24.7 Å². The SMILES string of the molecule is CC[C@@H]1CC[C@@H](C)C[C@@H]1O. The fourth-order valence-corrected chi connectivity index (χ4v) is 1.89. The highest BCUT2D eigenvalue weighted by Crippen LogP contribution is 2.30. The molecule has 1 nitrogen and oxygen atoms in total. The molecule has 0 aromatic carbocycles. The van der Waals surface area contributed by atoms with Gasteiger partial charge in [-0.25, -0.2) is 0 Å². The largest absolute Gasteiger partial charge is 0.393 e. The molecule has 0 unspecified atom stereocenters. The molecule has 1 aliphatic carbocycles. The summed E-state index contributed by atoms with van der Waals surface area (Å²) in [5.74, 6) is 1.34. The highest BCUT2D eigenvalue weighted by molar-refractivity contribution is 4.76. The van der Waals surface area contributed by atoms with Crippen molar-refractivity contribution < 1.29 is 5.11 Å². The first-order valence-corrected chi connectivity index (χ1v) is 4.42. The summed E-state index contributed by atoms with van der Waals surface area (Å²) in [5.41, 5.74) is 0. The number of rotatable bonds is 1. The van der Waals surface area contributed by atoms with Gasteiger partial charge in [0.2, 0.25) is 0 Å². The van der Waals surface area contributed by atoms with Crippen LogP contribution in [0.15, 0.2) is 0 Å². The maximum absolute atomic E-state index is 9.54. The van der Waals surface area contributed by atoms with Crippen molar-refractivity contribution in [3.8, 4) is 0 Å². The summed E-state index contributed by atoms with van der Waals surface area (Å²) in [6.45, 7) is 4.40. The van der Waals surface area contributed by atoms with Gasteiger partial charge in [0.1, 0.15) is 0 Å². The third kappa shape index (κ3) is 1.72. The van der Waals surface area contributed by atoms with Crippen LogP contribution < -0.4 is 0 Å². The minimum absolute atomic E-state index is 0.00579. The molecule has 0 bridgehead atoms. The molecule has 0 saturated heterocycles. The second-order valence-electron chi connectivity index (χ2n) is 3.65. The smallest absolute Gasteiger partial charge is 0.0570 e. The lowest BCUT2D eigenvalue weighted by molar-refractivity contribution is 0.0472. The predicted octanol–water partition coefficient (Wildman–Crippen LogP) is 2.19. The lowest BCUT2D eigenvalue weighted by Gasteiger charge is -2.30. The first-order chi connectivity index (χ1) is 4.74. The molecule has 3 atom stereocenters. The minimum atomic E-state index is -0.00579. The monoisotopic (exact) mass is 142 g/mol. The maximum Gasteiger partial charge on any atom is 0.0570 e. The van der Waals surface area contributed by atoms with Gasteiger partial charge in [0, 0.05) is 0 Å². The van der Waals surface area contributed by atoms with Crippen molar-refractivity contribution >= 4 is 0 Å². The van der Waals surface area contributed by atoms with Crippen molar-refractivity contribution in [3.05, 3.63) is 0 Å². The van der Waals surface area contributed by atoms with Gasteiger partial charge in [0.25, 0.3) is 0 Å². The zero-order valence-electron chi connectivity index (χ0n) is 7.01. The molecule has 0 spiro atoms. The summed E-state index contributed by atoms with van der Waals surface area (Å²) in [7, 11) is 0. The Hall–Kier alpha value is -0.0400. The maximum atomic E-state index is 9.54. The second-order valence-corrected chi connectivity index (χ2v) is 3.65. The highest BCUT2D eigenvalue weighted by Gasteiger charge is 2.24. The van der Waals surface area contributed by atoms with Crippen LogP contribution in [0.1, 0.15) is 39.5 Å². The Morgan fingerprint density at radius 3 is 2.60 bits per heavy atom. The molecule has 0 aromatic heterocycles. The van der Waals surface area contributed by atoms with Crippen LogP contribution in [0.3, 0.4) is 0 Å². The normalized spacial score (nSPS) is 41.7. The Morgan fingerprint density at radius 2 is 2.10 bits per heavy atom. The van der Waals surface area contributed by atoms with Crippen LogP contribution in [-0.2, 0) is 0 Å². The zero-order valence-corrected chi connectivity index (χ0v) is 7.01. The van der Waals surface area contributed by atoms with Gasteiger partial charge < -0.3 is 5.11 Å². The molecule has 0 radical (unpaired) electrons. The van der Waals surface area contributed by atoms with Gasteiger partial charge in [0.05, 0.1) is 6.10 Å². The van der Waals surface area contributed by atoms with Gasteiger partial charge in [-0.1, -0.05) is 26.7 Å². The molecule has 1 aliphatic rings. The van der Waals surface area contributed by atoms with Crippen molar-refractivity contribution in [2.45, 2.75) is 45.6 Å². The first-order valence-electron chi connectivity index (χ1n) is 4.42. The summed E-state index contributed by atoms with van der Waals surface area (Å²) in [6, 6.07) is 0. The summed E-state index contributed by atoms with van der Waals surface area (Å²) in [5, 5.41) is 9.54. The average molecular weight is 142 g/mol. The topological polar surface area (TPSA) is 20.2 Å². The lowest BCUT2D eigenvalue weighted by atomic mass is 9.79. The van der Waals surface area contributed by atoms with E-state index >= 15 is 0 Å². The van der Waals surface area contributed by atoms with E-state index in [1.807, 2.05) is 0 Å². The molecule has 0 heterocycles. The molecular formula is C9H18O. The number of aliphatic hydroxyl groups excluding tert-OH is 1. The molecule has 1 N–H and O–H groups in total. The molecule has 1 saturated carbocycles. The van der Waals surface area contributed by atoms with Gasteiger partial charge in [-0.2, -0.15) is 0 Å². The minimum Gasteiger partial charge on any atom is -0.393 e. The van der Waals surface area contributed by atoms with Gasteiger partial charge in [-0.15, -0.1) is 0 Å². The second kappa shape index (κ2) is 3.38. The van der Waals surface area contributed by atoms with E-state index in [0.29, 0.717) is 5.92 Å². The molecule has 10 heavy (non-hydrogen) atoms. The molecular weight excluding hydrogens is 124 g/mol. The van der Waals surface area contributed by atoms with Crippen molar-refractivity contribution in [1.29, 1.82) is 0 Å². The highest BCUT2D eigenvalue weighted by atomic mass is 16.3. The quantitative estimate of drug-likeness (QED) is 0.595. The van der Waals surface area contributed by atoms with Crippen LogP contribution >= 0.6 is 0 Å². The number of hydrogen-bond donors (Lipinski definition) is 1. The Morgan fingerprint density at radius 1 is 1.40 bits per heavy atom. The molecule has 1 rings (SSSR count). The van der Waals surface area contributed by atoms with Crippen LogP contribution in [0.2, 0.25) is 0 Å². The van der Waals surface area contributed by atoms with E-state index in [4.69, 9.17) is 0 Å². The van der Waals surface area contributed by atoms with Crippen molar-refractivity contribution in [2.75, 3.05) is 0 Å². The van der Waals surface area contributed by atoms with E-state index in [0.717, 1.165) is 18.8 Å². The van der Waals surface area contributed by atoms with Gasteiger partial charge in [0.15, 0.2) is 0 Å². The Bertz CT molecular complexity index is 101. The molecule has 0 aliphatic heterocycles. The molecule has 0 aromatic rings. The van der Waals surface area contributed by atoms with Crippen LogP contribution in [0.25, 0.3) is 0 Å². The van der Waals surface area contributed by atoms with Crippen LogP contribution in [-0.4, -0.2) is 11.2 Å². The molecule has 1 fully saturated rings. The summed E-state index contributed by atoms with van der Waals surface area (Å²) >= 11 is 0. The third-order valence-corrected chi connectivity index (χ3v) is 2.74. The van der Waals surface area contributed by atoms with E-state index in [2.05, 4.69) is 13.8 Å². The van der Waals surface area contributed by atoms with Crippen molar-refractivity contribution in [3.63, 3.8) is 0 Å². The summed E-state index contributed by atoms with van der Waals surface area (Å²) < 4.78 is 0. The van der Waals surface area contributed by atoms with Crippen LogP contribution in [0, 0.1) is 11.8 Å². The zero-order chi connectivity index (χ0) is 7.56. The Labute approximate surface area is 63.4 Å². The van der Waals surface area contributed by atoms with Crippen LogP contribution in [0.4, 0.5) is 0 Å². The Kier molecular flexibility index (Phi) is 2.72. The third-order valence-electron chi connectivity index (χ3n) is 2.74. The van der Waals surface area contributed by atoms with E-state index < -0.39 is 0 Å². The Balaban J connectivity index is 2.36. The molecule has 0 amide bonds. The van der Waals surface area contributed by atoms with Crippen molar-refractivity contribution in [1.82, 2.24) is 0 Å². The number of hydrogen-bond acceptors (Lipinski definition) is 1. The summed E-state index contributed by atoms with van der Waals surface area (Å²) in [6.07, 6.45) is 4.72. The number of aliphatic hydroxyl groups is 1. The first kappa shape index (κ1) is 8.06. The van der Waals surface area contributed by atoms with E-state index in [1.165, 1.54) is 12.8 Å². The van der Waals surface area contributed by atoms with E-state index in [9.17, 15) is 5.11 Å². The predicted molar refractivity (Wildman–Crippen MR) is 42.8 cm³/mol. The molecule has 60 valence electrons. The van der Waals surface area contributed by atoms with Crippen LogP contribution in [0.5, 0.6) is 0 Å². The molecule has 1 heteroatoms. The van der Waals surface area contributed by atoms with Crippen molar-refractivity contribution in [2.24, 2.45) is 11.8 Å². The fourth-order valence-electron chi connectivity index (χ4n) is 1.89. The standard InChI is InChI=1S/C9H18O/c1-3-8-5-4-7(2)6-9(8)10/h7-10H,3-6H2,1-2H3/t7-,8-,9+/m1/s1. The van der Waals surface area contributed by atoms with Gasteiger partial charge in [-0.3, -0.25) is 0 Å². The van der Waals surface area contributed by atoms with Gasteiger partial charge >= 0.3 is 0 Å². The van der Waals surface area contributed by atoms with E-state index in [1.54, 1.807) is 0 Å². The average Bonchev–Trinajstić information content (AvgIpc) is 1.88. The fraction of sp³-hybridized carbons (Fsp3) is 1.00. The van der Waals surface area contributed by atoms with E-state index in [-0.39, 0.29) is 6.10 Å². The summed E-state index contributed by atoms with van der Waals surface area (Å²) in [4.78, 5) is 0. The lowest BCUT2D eigenvalue weighted by Crippen LogP contribution is -2.27.